The fraction of sp³-hybridized carbons (Fsp3) is 0.263. The van der Waals surface area contributed by atoms with Crippen molar-refractivity contribution in [1.82, 2.24) is 10.2 Å². The normalized spacial score (nSPS) is 19.9. The van der Waals surface area contributed by atoms with Crippen LogP contribution in [0.2, 0.25) is 5.02 Å². The van der Waals surface area contributed by atoms with E-state index < -0.39 is 0 Å². The SMILES string of the molecule is CO[C@H]1C[C@@H](Nc2nnc(-c3ccc(Cl)cc3)c3ccccc23)C1. The van der Waals surface area contributed by atoms with Crippen LogP contribution in [0.1, 0.15) is 12.8 Å². The quantitative estimate of drug-likeness (QED) is 0.758. The highest BCUT2D eigenvalue weighted by atomic mass is 35.5. The van der Waals surface area contributed by atoms with Crippen LogP contribution in [-0.4, -0.2) is 29.5 Å². The van der Waals surface area contributed by atoms with E-state index in [-0.39, 0.29) is 0 Å². The number of rotatable bonds is 4. The molecule has 0 radical (unpaired) electrons. The van der Waals surface area contributed by atoms with Gasteiger partial charge in [0.15, 0.2) is 5.82 Å². The molecule has 3 aromatic rings. The molecule has 1 fully saturated rings. The Balaban J connectivity index is 1.71. The number of aromatic nitrogens is 2. The lowest BCUT2D eigenvalue weighted by atomic mass is 9.89. The van der Waals surface area contributed by atoms with Crippen molar-refractivity contribution in [3.8, 4) is 11.3 Å². The van der Waals surface area contributed by atoms with Gasteiger partial charge >= 0.3 is 0 Å². The van der Waals surface area contributed by atoms with Gasteiger partial charge in [0.1, 0.15) is 5.69 Å². The zero-order chi connectivity index (χ0) is 16.5. The molecule has 0 bridgehead atoms. The lowest BCUT2D eigenvalue weighted by molar-refractivity contribution is 0.0328. The molecule has 4 nitrogen and oxygen atoms in total. The number of nitrogens with zero attached hydrogens (tertiary/aromatic N) is 2. The van der Waals surface area contributed by atoms with Crippen molar-refractivity contribution in [2.45, 2.75) is 25.0 Å². The number of hydrogen-bond donors (Lipinski definition) is 1. The van der Waals surface area contributed by atoms with E-state index >= 15 is 0 Å². The second-order valence-corrected chi connectivity index (χ2v) is 6.56. The lowest BCUT2D eigenvalue weighted by Gasteiger charge is -2.35. The second-order valence-electron chi connectivity index (χ2n) is 6.12. The summed E-state index contributed by atoms with van der Waals surface area (Å²) in [4.78, 5) is 0. The van der Waals surface area contributed by atoms with E-state index in [2.05, 4.69) is 27.6 Å². The molecule has 4 rings (SSSR count). The van der Waals surface area contributed by atoms with Gasteiger partial charge in [-0.25, -0.2) is 0 Å². The van der Waals surface area contributed by atoms with Crippen molar-refractivity contribution in [2.75, 3.05) is 12.4 Å². The first-order valence-electron chi connectivity index (χ1n) is 8.05. The fourth-order valence-corrected chi connectivity index (χ4v) is 3.23. The average molecular weight is 340 g/mol. The van der Waals surface area contributed by atoms with Crippen molar-refractivity contribution in [2.24, 2.45) is 0 Å². The lowest BCUT2D eigenvalue weighted by Crippen LogP contribution is -2.40. The summed E-state index contributed by atoms with van der Waals surface area (Å²) in [7, 11) is 1.76. The molecule has 0 saturated heterocycles. The summed E-state index contributed by atoms with van der Waals surface area (Å²) in [5.41, 5.74) is 1.88. The van der Waals surface area contributed by atoms with Crippen molar-refractivity contribution < 1.29 is 4.74 Å². The smallest absolute Gasteiger partial charge is 0.156 e. The summed E-state index contributed by atoms with van der Waals surface area (Å²) in [5, 5.41) is 15.3. The Bertz CT molecular complexity index is 860. The molecule has 0 unspecified atom stereocenters. The first kappa shape index (κ1) is 15.4. The Hall–Kier alpha value is -2.17. The third-order valence-corrected chi connectivity index (χ3v) is 4.83. The molecule has 1 N–H and O–H groups in total. The number of nitrogens with one attached hydrogen (secondary N) is 1. The molecule has 0 amide bonds. The van der Waals surface area contributed by atoms with E-state index in [4.69, 9.17) is 16.3 Å². The average Bonchev–Trinajstić information content (AvgIpc) is 2.58. The van der Waals surface area contributed by atoms with E-state index in [1.54, 1.807) is 7.11 Å². The Kier molecular flexibility index (Phi) is 4.08. The largest absolute Gasteiger partial charge is 0.381 e. The third kappa shape index (κ3) is 2.83. The maximum atomic E-state index is 5.99. The van der Waals surface area contributed by atoms with Crippen LogP contribution in [-0.2, 0) is 4.74 Å². The predicted molar refractivity (Wildman–Crippen MR) is 97.4 cm³/mol. The maximum Gasteiger partial charge on any atom is 0.156 e. The molecule has 122 valence electrons. The number of halogens is 1. The molecule has 24 heavy (non-hydrogen) atoms. The summed E-state index contributed by atoms with van der Waals surface area (Å²) < 4.78 is 5.34. The minimum atomic E-state index is 0.357. The molecule has 1 saturated carbocycles. The molecule has 0 aliphatic heterocycles. The second kappa shape index (κ2) is 6.38. The molecule has 1 aliphatic carbocycles. The highest BCUT2D eigenvalue weighted by Crippen LogP contribution is 2.32. The van der Waals surface area contributed by atoms with Crippen LogP contribution in [0.5, 0.6) is 0 Å². The van der Waals surface area contributed by atoms with Crippen molar-refractivity contribution in [1.29, 1.82) is 0 Å². The minimum absolute atomic E-state index is 0.357. The van der Waals surface area contributed by atoms with Gasteiger partial charge in [-0.15, -0.1) is 10.2 Å². The van der Waals surface area contributed by atoms with E-state index in [1.807, 2.05) is 36.4 Å². The summed E-state index contributed by atoms with van der Waals surface area (Å²) >= 11 is 5.99. The first-order valence-corrected chi connectivity index (χ1v) is 8.43. The summed E-state index contributed by atoms with van der Waals surface area (Å²) in [5.74, 6) is 0.836. The number of anilines is 1. The number of methoxy groups -OCH3 is 1. The molecule has 1 heterocycles. The van der Waals surface area contributed by atoms with Crippen molar-refractivity contribution in [3.63, 3.8) is 0 Å². The minimum Gasteiger partial charge on any atom is -0.381 e. The monoisotopic (exact) mass is 339 g/mol. The molecular weight excluding hydrogens is 322 g/mol. The summed E-state index contributed by atoms with van der Waals surface area (Å²) in [6.07, 6.45) is 2.37. The van der Waals surface area contributed by atoms with Crippen LogP contribution in [0.15, 0.2) is 48.5 Å². The molecular formula is C19H18ClN3O. The molecule has 0 spiro atoms. The van der Waals surface area contributed by atoms with E-state index in [0.29, 0.717) is 17.2 Å². The third-order valence-electron chi connectivity index (χ3n) is 4.57. The Morgan fingerprint density at radius 2 is 1.71 bits per heavy atom. The zero-order valence-corrected chi connectivity index (χ0v) is 14.1. The van der Waals surface area contributed by atoms with Gasteiger partial charge in [0.2, 0.25) is 0 Å². The van der Waals surface area contributed by atoms with E-state index in [0.717, 1.165) is 40.7 Å². The predicted octanol–water partition coefficient (Wildman–Crippen LogP) is 4.54. The van der Waals surface area contributed by atoms with Gasteiger partial charge in [-0.1, -0.05) is 48.0 Å². The van der Waals surface area contributed by atoms with Crippen molar-refractivity contribution >= 4 is 28.2 Å². The number of benzene rings is 2. The topological polar surface area (TPSA) is 47.0 Å². The summed E-state index contributed by atoms with van der Waals surface area (Å²) in [6.45, 7) is 0. The molecule has 5 heteroatoms. The number of fused-ring (bicyclic) bond motifs is 1. The van der Waals surface area contributed by atoms with Crippen LogP contribution in [0.25, 0.3) is 22.0 Å². The van der Waals surface area contributed by atoms with Gasteiger partial charge in [0, 0.05) is 34.5 Å². The Morgan fingerprint density at radius 1 is 1.00 bits per heavy atom. The van der Waals surface area contributed by atoms with Gasteiger partial charge in [0.25, 0.3) is 0 Å². The van der Waals surface area contributed by atoms with Crippen LogP contribution in [0.4, 0.5) is 5.82 Å². The summed E-state index contributed by atoms with van der Waals surface area (Å²) in [6, 6.07) is 16.3. The molecule has 0 atom stereocenters. The fourth-order valence-electron chi connectivity index (χ4n) is 3.10. The molecule has 1 aromatic heterocycles. The maximum absolute atomic E-state index is 5.99. The highest BCUT2D eigenvalue weighted by Gasteiger charge is 2.29. The first-order chi connectivity index (χ1) is 11.7. The molecule has 1 aliphatic rings. The van der Waals surface area contributed by atoms with Gasteiger partial charge < -0.3 is 10.1 Å². The Morgan fingerprint density at radius 3 is 2.42 bits per heavy atom. The van der Waals surface area contributed by atoms with Gasteiger partial charge in [-0.2, -0.15) is 0 Å². The van der Waals surface area contributed by atoms with Crippen LogP contribution in [0.3, 0.4) is 0 Å². The van der Waals surface area contributed by atoms with Gasteiger partial charge in [-0.3, -0.25) is 0 Å². The molecule has 2 aromatic carbocycles. The van der Waals surface area contributed by atoms with Gasteiger partial charge in [-0.05, 0) is 25.0 Å². The van der Waals surface area contributed by atoms with Crippen LogP contribution in [0, 0.1) is 0 Å². The van der Waals surface area contributed by atoms with Gasteiger partial charge in [0.05, 0.1) is 6.10 Å². The van der Waals surface area contributed by atoms with E-state index in [1.165, 1.54) is 0 Å². The van der Waals surface area contributed by atoms with Crippen molar-refractivity contribution in [3.05, 3.63) is 53.6 Å². The van der Waals surface area contributed by atoms with E-state index in [9.17, 15) is 0 Å². The standard InChI is InChI=1S/C19H18ClN3O/c1-24-15-10-14(11-15)21-19-17-5-3-2-4-16(17)18(22-23-19)12-6-8-13(20)9-7-12/h2-9,14-15H,10-11H2,1H3,(H,21,23)/t14-,15+. The van der Waals surface area contributed by atoms with Crippen LogP contribution < -0.4 is 5.32 Å². The number of ether oxygens (including phenoxy) is 1. The highest BCUT2D eigenvalue weighted by molar-refractivity contribution is 6.30. The Labute approximate surface area is 145 Å². The van der Waals surface area contributed by atoms with Crippen LogP contribution >= 0.6 is 11.6 Å². The number of hydrogen-bond acceptors (Lipinski definition) is 4. The zero-order valence-electron chi connectivity index (χ0n) is 13.4.